The summed E-state index contributed by atoms with van der Waals surface area (Å²) in [6.45, 7) is 6.08. The molecule has 117 heavy (non-hydrogen) atoms. The molecule has 0 fully saturated rings. The molecular weight excluding hydrogens is 1630 g/mol. The van der Waals surface area contributed by atoms with Crippen molar-refractivity contribution in [3.8, 4) is 34.2 Å². The minimum atomic E-state index is -3.92. The molecule has 0 saturated carbocycles. The number of nitro benzene ring substituents is 1. The number of nitrogens with zero attached hydrogens (tertiary/aromatic N) is 6. The highest BCUT2D eigenvalue weighted by atomic mass is 35.7. The fourth-order valence-electron chi connectivity index (χ4n) is 13.2. The van der Waals surface area contributed by atoms with Crippen molar-refractivity contribution in [2.45, 2.75) is 54.7 Å². The van der Waals surface area contributed by atoms with Crippen molar-refractivity contribution in [3.05, 3.63) is 368 Å². The van der Waals surface area contributed by atoms with Gasteiger partial charge < -0.3 is 10.7 Å². The van der Waals surface area contributed by atoms with Gasteiger partial charge >= 0.3 is 0 Å². The van der Waals surface area contributed by atoms with Crippen LogP contribution in [0.15, 0.2) is 330 Å². The summed E-state index contributed by atoms with van der Waals surface area (Å²) in [6.07, 6.45) is 3.46. The number of halogens is 5. The van der Waals surface area contributed by atoms with Crippen LogP contribution in [0, 0.1) is 10.1 Å². The molecule has 3 heterocycles. The van der Waals surface area contributed by atoms with E-state index in [1.807, 2.05) is 203 Å². The Labute approximate surface area is 699 Å². The molecule has 586 valence electrons. The number of rotatable bonds is 13. The van der Waals surface area contributed by atoms with E-state index in [0.29, 0.717) is 53.8 Å². The predicted octanol–water partition coefficient (Wildman–Crippen LogP) is 24.3. The summed E-state index contributed by atoms with van der Waals surface area (Å²) < 4.78 is 79.5. The topological polar surface area (TPSA) is 253 Å². The van der Waals surface area contributed by atoms with Gasteiger partial charge in [-0.15, -0.1) is 0 Å². The number of imidazole rings is 3. The smallest absolute Gasteiger partial charge is 0.293 e. The first kappa shape index (κ1) is 82.9. The van der Waals surface area contributed by atoms with E-state index in [9.17, 15) is 40.2 Å². The fourth-order valence-corrected chi connectivity index (χ4v) is 17.6. The van der Waals surface area contributed by atoms with Gasteiger partial charge in [0.15, 0.2) is 17.9 Å². The SMILES string of the molecule is CCc1ccc(S(=O)(=O)Cl)cc1.CCc1ccc(S(=O)(=O)n2c(-c3cccc4ccccc34)nc3cc(Cl)ccc32)cc1.CCc1ccc(S(=O)(=O)n2c(-c3cccc4ccccc34)nc3ccc(Cl)cc32)cc1.Clc1ccc2nc(-c3cccc4ccccc34)[nH]c2c1.Nc1ccc(Cl)cc1[N+](=O)[O-].O=Cc1cccc2ccccc12. The van der Waals surface area contributed by atoms with Gasteiger partial charge in [-0.05, 0) is 182 Å². The first-order chi connectivity index (χ1) is 56.3. The number of aromatic nitrogens is 6. The van der Waals surface area contributed by atoms with Crippen LogP contribution in [0.4, 0.5) is 11.4 Å². The molecule has 25 heteroatoms. The maximum Gasteiger partial charge on any atom is 0.293 e. The third kappa shape index (κ3) is 18.8. The average Bonchev–Trinajstić information content (AvgIpc) is 1.60. The Morgan fingerprint density at radius 2 is 0.786 bits per heavy atom. The molecule has 0 atom stereocenters. The standard InChI is InChI=1S/2C25H19ClN2O2S.C17H11ClN2.C11H8O.C8H9ClO2S.C6H5ClN2O2/c1-2-17-10-13-20(14-11-17)31(29,30)28-24-15-12-19(26)16-23(24)27-25(28)22-9-5-7-18-6-3-4-8-21(18)22;1-2-17-10-13-20(14-11-17)31(29,30)28-24-16-19(26)12-15-23(24)27-25(28)22-9-5-7-18-6-3-4-8-21(18)22;18-12-8-9-15-16(10-12)20-17(19-15)14-7-3-5-11-4-1-2-6-13(11)14;12-8-10-6-3-5-9-4-1-2-7-11(9)10;1-2-7-3-5-8(6-4-7)12(9,10)11;7-4-1-2-5(8)6(3-4)9(10)11/h2*3-16H,2H2,1H3;1-10H,(H,19,20);1-8H;3-6H,2H2,1H3;1-3H,8H2. The third-order valence-electron chi connectivity index (χ3n) is 19.2. The van der Waals surface area contributed by atoms with Crippen molar-refractivity contribution >= 4 is 180 Å². The molecule has 3 N–H and O–H groups in total. The number of fused-ring (bicyclic) bond motifs is 7. The number of carbonyl (C=O) groups is 1. The zero-order chi connectivity index (χ0) is 82.7. The van der Waals surface area contributed by atoms with Gasteiger partial charge in [-0.3, -0.25) is 14.9 Å². The van der Waals surface area contributed by atoms with E-state index < -0.39 is 34.0 Å². The lowest BCUT2D eigenvalue weighted by Gasteiger charge is -2.13. The van der Waals surface area contributed by atoms with Gasteiger partial charge in [0.25, 0.3) is 34.8 Å². The Morgan fingerprint density at radius 3 is 1.26 bits per heavy atom. The molecule has 3 aromatic heterocycles. The lowest BCUT2D eigenvalue weighted by molar-refractivity contribution is -0.383. The van der Waals surface area contributed by atoms with Crippen LogP contribution >= 0.6 is 57.1 Å². The quantitative estimate of drug-likeness (QED) is 0.0358. The summed E-state index contributed by atoms with van der Waals surface area (Å²) in [5, 5.41) is 20.7. The zero-order valence-electron chi connectivity index (χ0n) is 62.8. The van der Waals surface area contributed by atoms with Gasteiger partial charge in [-0.2, -0.15) is 0 Å². The number of aromatic amines is 1. The highest BCUT2D eigenvalue weighted by Gasteiger charge is 2.29. The van der Waals surface area contributed by atoms with E-state index in [0.717, 1.165) is 114 Å². The fraction of sp³-hybridized carbons (Fsp3) is 0.0652. The Balaban J connectivity index is 0.000000128. The molecule has 0 aliphatic rings. The van der Waals surface area contributed by atoms with Gasteiger partial charge in [0, 0.05) is 59.1 Å². The maximum atomic E-state index is 13.8. The number of nitrogens with two attached hydrogens (primary N) is 1. The molecule has 18 aromatic rings. The summed E-state index contributed by atoms with van der Waals surface area (Å²) in [5.41, 5.74) is 15.8. The second kappa shape index (κ2) is 36.4. The molecule has 0 unspecified atom stereocenters. The molecule has 0 spiro atoms. The van der Waals surface area contributed by atoms with E-state index in [-0.39, 0.29) is 26.1 Å². The van der Waals surface area contributed by atoms with E-state index >= 15 is 0 Å². The molecule has 17 nitrogen and oxygen atoms in total. The van der Waals surface area contributed by atoms with E-state index in [2.05, 4.69) is 40.3 Å². The zero-order valence-corrected chi connectivity index (χ0v) is 69.0. The molecule has 0 amide bonds. The van der Waals surface area contributed by atoms with Gasteiger partial charge in [0.05, 0.1) is 52.7 Å². The number of hydrogen-bond donors (Lipinski definition) is 2. The maximum absolute atomic E-state index is 13.8. The highest BCUT2D eigenvalue weighted by molar-refractivity contribution is 8.13. The van der Waals surface area contributed by atoms with E-state index in [1.165, 1.54) is 49.0 Å². The number of aryl methyl sites for hydroxylation is 3. The number of aldehydes is 1. The number of hydrogen-bond acceptors (Lipinski definition) is 13. The minimum absolute atomic E-state index is 0.124. The summed E-state index contributed by atoms with van der Waals surface area (Å²) in [4.78, 5) is 38.3. The van der Waals surface area contributed by atoms with Crippen LogP contribution < -0.4 is 5.73 Å². The molecule has 0 aliphatic carbocycles. The first-order valence-corrected chi connectivity index (χ1v) is 43.4. The van der Waals surface area contributed by atoms with Gasteiger partial charge in [0.1, 0.15) is 11.5 Å². The van der Waals surface area contributed by atoms with Gasteiger partial charge in [-0.1, -0.05) is 273 Å². The minimum Gasteiger partial charge on any atom is -0.393 e. The molecule has 0 radical (unpaired) electrons. The van der Waals surface area contributed by atoms with Crippen molar-refractivity contribution in [1.82, 2.24) is 27.9 Å². The van der Waals surface area contributed by atoms with Crippen LogP contribution in [0.5, 0.6) is 0 Å². The lowest BCUT2D eigenvalue weighted by atomic mass is 10.0. The molecular formula is C92H71Cl5N8O9S3. The predicted molar refractivity (Wildman–Crippen MR) is 477 cm³/mol. The number of nitrogens with one attached hydrogen (secondary N) is 1. The summed E-state index contributed by atoms with van der Waals surface area (Å²) in [5.74, 6) is 1.61. The second-order valence-electron chi connectivity index (χ2n) is 26.6. The monoisotopic (exact) mass is 1700 g/mol. The van der Waals surface area contributed by atoms with Crippen LogP contribution in [0.2, 0.25) is 20.1 Å². The van der Waals surface area contributed by atoms with Crippen molar-refractivity contribution in [1.29, 1.82) is 0 Å². The molecule has 15 aromatic carbocycles. The van der Waals surface area contributed by atoms with Crippen LogP contribution in [-0.2, 0) is 48.4 Å². The van der Waals surface area contributed by atoms with Crippen LogP contribution in [0.3, 0.4) is 0 Å². The molecule has 0 bridgehead atoms. The first-order valence-electron chi connectivity index (χ1n) is 36.7. The normalized spacial score (nSPS) is 11.4. The number of benzene rings is 15. The van der Waals surface area contributed by atoms with Crippen molar-refractivity contribution in [3.63, 3.8) is 0 Å². The summed E-state index contributed by atoms with van der Waals surface area (Å²) in [6, 6.07) is 96.1. The van der Waals surface area contributed by atoms with Crippen LogP contribution in [-0.4, -0.2) is 64.3 Å². The third-order valence-corrected chi connectivity index (χ3v) is 24.9. The van der Waals surface area contributed by atoms with Crippen molar-refractivity contribution in [2.24, 2.45) is 0 Å². The molecule has 0 saturated heterocycles. The Bertz CT molecular complexity index is 7010. The summed E-state index contributed by atoms with van der Waals surface area (Å²) in [7, 11) is -6.24. The number of H-pyrrole nitrogens is 1. The van der Waals surface area contributed by atoms with Gasteiger partial charge in [0.2, 0.25) is 0 Å². The lowest BCUT2D eigenvalue weighted by Crippen LogP contribution is -2.14. The number of anilines is 1. The number of nitro groups is 1. The van der Waals surface area contributed by atoms with Gasteiger partial charge in [-0.25, -0.2) is 48.2 Å². The van der Waals surface area contributed by atoms with Crippen LogP contribution in [0.1, 0.15) is 47.8 Å². The largest absolute Gasteiger partial charge is 0.393 e. The number of nitrogen functional groups attached to an aromatic ring is 1. The Morgan fingerprint density at radius 1 is 0.402 bits per heavy atom. The summed E-state index contributed by atoms with van der Waals surface area (Å²) >= 11 is 24.0. The van der Waals surface area contributed by atoms with Crippen LogP contribution in [0.25, 0.3) is 110 Å². The molecule has 18 rings (SSSR count). The highest BCUT2D eigenvalue weighted by Crippen LogP contribution is 2.38. The van der Waals surface area contributed by atoms with E-state index in [4.69, 9.17) is 72.8 Å². The Hall–Kier alpha value is -12.1. The van der Waals surface area contributed by atoms with Crippen molar-refractivity contribution < 1.29 is 35.0 Å². The van der Waals surface area contributed by atoms with Crippen molar-refractivity contribution in [2.75, 3.05) is 5.73 Å². The molecule has 0 aliphatic heterocycles. The number of carbonyl (C=O) groups excluding carboxylic acids is 1. The second-order valence-corrected chi connectivity index (χ2v) is 34.5. The Kier molecular flexibility index (Phi) is 25.8. The van der Waals surface area contributed by atoms with E-state index in [1.54, 1.807) is 72.8 Å². The average molecular weight is 1710 g/mol.